The topological polar surface area (TPSA) is 35.5 Å². The molecule has 1 aromatic rings. The van der Waals surface area contributed by atoms with Crippen molar-refractivity contribution in [1.82, 2.24) is 0 Å². The third-order valence-electron chi connectivity index (χ3n) is 1.99. The summed E-state index contributed by atoms with van der Waals surface area (Å²) in [5, 5.41) is 0. The molecule has 0 amide bonds. The highest BCUT2D eigenvalue weighted by Crippen LogP contribution is 2.30. The van der Waals surface area contributed by atoms with E-state index in [0.29, 0.717) is 11.5 Å². The van der Waals surface area contributed by atoms with Gasteiger partial charge in [0.2, 0.25) is 0 Å². The van der Waals surface area contributed by atoms with Crippen molar-refractivity contribution in [3.05, 3.63) is 23.8 Å². The van der Waals surface area contributed by atoms with Crippen LogP contribution in [-0.4, -0.2) is 19.5 Å². The SMILES string of the molecule is COc1ccc(OC(C)C)cc1C(F)C=O. The number of alkyl halides is 1. The Balaban J connectivity index is 3.05. The average molecular weight is 226 g/mol. The first-order chi connectivity index (χ1) is 7.58. The lowest BCUT2D eigenvalue weighted by atomic mass is 10.1. The van der Waals surface area contributed by atoms with Gasteiger partial charge in [0.1, 0.15) is 11.5 Å². The number of rotatable bonds is 5. The van der Waals surface area contributed by atoms with Crippen LogP contribution in [0, 0.1) is 0 Å². The highest BCUT2D eigenvalue weighted by Gasteiger charge is 2.15. The fourth-order valence-electron chi connectivity index (χ4n) is 1.35. The van der Waals surface area contributed by atoms with Crippen molar-refractivity contribution in [3.8, 4) is 11.5 Å². The van der Waals surface area contributed by atoms with Gasteiger partial charge in [-0.1, -0.05) is 0 Å². The molecule has 0 N–H and O–H groups in total. The second-order valence-corrected chi connectivity index (χ2v) is 3.61. The minimum Gasteiger partial charge on any atom is -0.496 e. The average Bonchev–Trinajstić information content (AvgIpc) is 2.27. The third kappa shape index (κ3) is 2.95. The summed E-state index contributed by atoms with van der Waals surface area (Å²) in [6.45, 7) is 3.74. The zero-order valence-electron chi connectivity index (χ0n) is 9.57. The minimum absolute atomic E-state index is 0.00413. The van der Waals surface area contributed by atoms with Gasteiger partial charge in [0, 0.05) is 5.56 Å². The van der Waals surface area contributed by atoms with E-state index >= 15 is 0 Å². The smallest absolute Gasteiger partial charge is 0.184 e. The Morgan fingerprint density at radius 2 is 2.06 bits per heavy atom. The fraction of sp³-hybridized carbons (Fsp3) is 0.417. The van der Waals surface area contributed by atoms with Gasteiger partial charge < -0.3 is 9.47 Å². The van der Waals surface area contributed by atoms with Gasteiger partial charge in [0.25, 0.3) is 0 Å². The van der Waals surface area contributed by atoms with Crippen LogP contribution in [0.4, 0.5) is 4.39 Å². The summed E-state index contributed by atoms with van der Waals surface area (Å²) in [6, 6.07) is 4.75. The van der Waals surface area contributed by atoms with Crippen molar-refractivity contribution in [1.29, 1.82) is 0 Å². The highest BCUT2D eigenvalue weighted by molar-refractivity contribution is 5.63. The molecule has 0 bridgehead atoms. The van der Waals surface area contributed by atoms with Crippen LogP contribution in [0.3, 0.4) is 0 Å². The maximum absolute atomic E-state index is 13.3. The molecule has 1 rings (SSSR count). The summed E-state index contributed by atoms with van der Waals surface area (Å²) < 4.78 is 23.7. The van der Waals surface area contributed by atoms with Gasteiger partial charge in [-0.05, 0) is 32.0 Å². The number of aldehydes is 1. The summed E-state index contributed by atoms with van der Waals surface area (Å²) in [5.74, 6) is 0.867. The number of carbonyl (C=O) groups is 1. The summed E-state index contributed by atoms with van der Waals surface area (Å²) in [6.07, 6.45) is -1.46. The Labute approximate surface area is 94.2 Å². The van der Waals surface area contributed by atoms with E-state index in [2.05, 4.69) is 0 Å². The summed E-state index contributed by atoms with van der Waals surface area (Å²) in [4.78, 5) is 10.4. The van der Waals surface area contributed by atoms with Crippen LogP contribution in [0.5, 0.6) is 11.5 Å². The van der Waals surface area contributed by atoms with Crippen molar-refractivity contribution in [2.45, 2.75) is 26.1 Å². The fourth-order valence-corrected chi connectivity index (χ4v) is 1.35. The molecule has 16 heavy (non-hydrogen) atoms. The second-order valence-electron chi connectivity index (χ2n) is 3.61. The summed E-state index contributed by atoms with van der Waals surface area (Å²) >= 11 is 0. The minimum atomic E-state index is -1.69. The lowest BCUT2D eigenvalue weighted by Gasteiger charge is -2.13. The zero-order valence-corrected chi connectivity index (χ0v) is 9.57. The Morgan fingerprint density at radius 1 is 1.38 bits per heavy atom. The van der Waals surface area contributed by atoms with Gasteiger partial charge in [0.15, 0.2) is 12.5 Å². The molecule has 3 nitrogen and oxygen atoms in total. The van der Waals surface area contributed by atoms with Crippen molar-refractivity contribution >= 4 is 6.29 Å². The number of methoxy groups -OCH3 is 1. The Kier molecular flexibility index (Phi) is 4.28. The molecule has 4 heteroatoms. The van der Waals surface area contributed by atoms with Gasteiger partial charge in [-0.25, -0.2) is 4.39 Å². The molecule has 1 atom stereocenters. The third-order valence-corrected chi connectivity index (χ3v) is 1.99. The first-order valence-electron chi connectivity index (χ1n) is 5.02. The molecule has 0 fully saturated rings. The summed E-state index contributed by atoms with van der Waals surface area (Å²) in [7, 11) is 1.43. The van der Waals surface area contributed by atoms with E-state index in [9.17, 15) is 9.18 Å². The van der Waals surface area contributed by atoms with Gasteiger partial charge in [-0.15, -0.1) is 0 Å². The van der Waals surface area contributed by atoms with Crippen LogP contribution in [0.15, 0.2) is 18.2 Å². The van der Waals surface area contributed by atoms with Crippen LogP contribution in [-0.2, 0) is 4.79 Å². The molecular formula is C12H15FO3. The van der Waals surface area contributed by atoms with Crippen molar-refractivity contribution in [2.75, 3.05) is 7.11 Å². The molecule has 0 saturated heterocycles. The number of hydrogen-bond donors (Lipinski definition) is 0. The van der Waals surface area contributed by atoms with E-state index in [-0.39, 0.29) is 18.0 Å². The van der Waals surface area contributed by atoms with E-state index in [1.165, 1.54) is 13.2 Å². The maximum Gasteiger partial charge on any atom is 0.184 e. The largest absolute Gasteiger partial charge is 0.496 e. The Bertz CT molecular complexity index is 363. The molecule has 1 unspecified atom stereocenters. The van der Waals surface area contributed by atoms with Crippen molar-refractivity contribution in [3.63, 3.8) is 0 Å². The monoisotopic (exact) mass is 226 g/mol. The van der Waals surface area contributed by atoms with Crippen LogP contribution >= 0.6 is 0 Å². The molecule has 0 aromatic heterocycles. The number of halogens is 1. The standard InChI is InChI=1S/C12H15FO3/c1-8(2)16-9-4-5-12(15-3)10(6-9)11(13)7-14/h4-8,11H,1-3H3. The van der Waals surface area contributed by atoms with E-state index < -0.39 is 6.17 Å². The van der Waals surface area contributed by atoms with Gasteiger partial charge >= 0.3 is 0 Å². The number of hydrogen-bond acceptors (Lipinski definition) is 3. The van der Waals surface area contributed by atoms with Crippen LogP contribution in [0.1, 0.15) is 25.6 Å². The normalized spacial score (nSPS) is 12.3. The first-order valence-corrected chi connectivity index (χ1v) is 5.02. The number of carbonyl (C=O) groups excluding carboxylic acids is 1. The molecule has 0 saturated carbocycles. The molecule has 0 aliphatic carbocycles. The summed E-state index contributed by atoms with van der Waals surface area (Å²) in [5.41, 5.74) is 0.190. The maximum atomic E-state index is 13.3. The molecule has 0 aliphatic rings. The lowest BCUT2D eigenvalue weighted by Crippen LogP contribution is -2.06. The number of ether oxygens (including phenoxy) is 2. The van der Waals surface area contributed by atoms with Crippen LogP contribution < -0.4 is 9.47 Å². The molecule has 0 heterocycles. The molecule has 88 valence electrons. The Morgan fingerprint density at radius 3 is 2.56 bits per heavy atom. The van der Waals surface area contributed by atoms with E-state index in [1.807, 2.05) is 13.8 Å². The molecular weight excluding hydrogens is 211 g/mol. The van der Waals surface area contributed by atoms with Crippen LogP contribution in [0.2, 0.25) is 0 Å². The quantitative estimate of drug-likeness (QED) is 0.724. The van der Waals surface area contributed by atoms with Gasteiger partial charge in [-0.3, -0.25) is 4.79 Å². The lowest BCUT2D eigenvalue weighted by molar-refractivity contribution is -0.112. The number of benzene rings is 1. The van der Waals surface area contributed by atoms with Crippen molar-refractivity contribution in [2.24, 2.45) is 0 Å². The van der Waals surface area contributed by atoms with E-state index in [1.54, 1.807) is 12.1 Å². The van der Waals surface area contributed by atoms with Gasteiger partial charge in [0.05, 0.1) is 13.2 Å². The van der Waals surface area contributed by atoms with E-state index in [0.717, 1.165) is 0 Å². The molecule has 0 spiro atoms. The first kappa shape index (κ1) is 12.5. The van der Waals surface area contributed by atoms with Gasteiger partial charge in [-0.2, -0.15) is 0 Å². The van der Waals surface area contributed by atoms with Crippen LogP contribution in [0.25, 0.3) is 0 Å². The van der Waals surface area contributed by atoms with Crippen molar-refractivity contribution < 1.29 is 18.7 Å². The predicted octanol–water partition coefficient (Wildman–Crippen LogP) is 2.69. The van der Waals surface area contributed by atoms with E-state index in [4.69, 9.17) is 9.47 Å². The predicted molar refractivity (Wildman–Crippen MR) is 58.7 cm³/mol. The molecule has 0 aliphatic heterocycles. The Hall–Kier alpha value is -1.58. The highest BCUT2D eigenvalue weighted by atomic mass is 19.1. The molecule has 0 radical (unpaired) electrons. The molecule has 1 aromatic carbocycles. The zero-order chi connectivity index (χ0) is 12.1. The second kappa shape index (κ2) is 5.49.